The average molecular weight is 1000 g/mol. The Balaban J connectivity index is 1.19. The van der Waals surface area contributed by atoms with Crippen molar-refractivity contribution in [2.24, 2.45) is 0 Å². The molecule has 0 bridgehead atoms. The van der Waals surface area contributed by atoms with Crippen molar-refractivity contribution >= 4 is 33.2 Å². The largest absolute Gasteiger partial charge is 0.457 e. The molecule has 7 aromatic carbocycles. The van der Waals surface area contributed by atoms with Crippen molar-refractivity contribution in [1.82, 2.24) is 9.55 Å². The number of allylic oxidation sites excluding steroid dienone is 2. The molecular formula is C71H78N4O. The highest BCUT2D eigenvalue weighted by atomic mass is 16.5. The van der Waals surface area contributed by atoms with Gasteiger partial charge in [-0.3, -0.25) is 4.57 Å². The molecule has 0 spiro atoms. The van der Waals surface area contributed by atoms with Crippen LogP contribution in [0.3, 0.4) is 0 Å². The van der Waals surface area contributed by atoms with Crippen molar-refractivity contribution in [2.75, 3.05) is 16.5 Å². The van der Waals surface area contributed by atoms with Gasteiger partial charge in [0.25, 0.3) is 0 Å². The van der Waals surface area contributed by atoms with Crippen LogP contribution in [0.2, 0.25) is 0 Å². The molecule has 3 heterocycles. The van der Waals surface area contributed by atoms with E-state index in [9.17, 15) is 0 Å². The van der Waals surface area contributed by atoms with Gasteiger partial charge in [-0.2, -0.15) is 0 Å². The Morgan fingerprint density at radius 2 is 0.882 bits per heavy atom. The summed E-state index contributed by atoms with van der Waals surface area (Å²) in [5.74, 6) is 2.46. The van der Waals surface area contributed by atoms with Crippen molar-refractivity contribution in [3.63, 3.8) is 0 Å². The lowest BCUT2D eigenvalue weighted by molar-refractivity contribution is 0.475. The molecule has 0 aliphatic carbocycles. The van der Waals surface area contributed by atoms with Crippen molar-refractivity contribution in [3.05, 3.63) is 239 Å². The number of benzene rings is 7. The summed E-state index contributed by atoms with van der Waals surface area (Å²) in [5.41, 5.74) is 14.2. The van der Waals surface area contributed by atoms with Crippen LogP contribution in [-0.2, 0) is 32.5 Å². The minimum Gasteiger partial charge on any atom is -0.457 e. The molecule has 76 heavy (non-hydrogen) atoms. The minimum atomic E-state index is -0.431. The van der Waals surface area contributed by atoms with Crippen LogP contribution in [0.15, 0.2) is 200 Å². The van der Waals surface area contributed by atoms with Gasteiger partial charge in [0.05, 0.1) is 29.1 Å². The van der Waals surface area contributed by atoms with Crippen molar-refractivity contribution < 1.29 is 4.74 Å². The van der Waals surface area contributed by atoms with Gasteiger partial charge >= 0.3 is 0 Å². The Bertz CT molecular complexity index is 3610. The number of rotatable bonds is 11. The standard InChI is InChI=1S/C71H78N4O/c1-66(2,3)51-34-27-35-54(40-51)73-47-74(65(71(14,15)50-32-23-18-24-33-50)64(73)70(12,13)49-30-21-17-22-31-49)55-41-53(67(4,5)6)42-56(44-55)76-57-45-59(68(7,8)9)63-58-36-25-26-37-60(58)75(61(63)46-57)62-43-52(38-39-72-62)69(10,11)48-28-19-16-20-29-48/h16-46H,47H2,1-15H3. The maximum Gasteiger partial charge on any atom is 0.137 e. The maximum absolute atomic E-state index is 7.42. The molecule has 1 aliphatic heterocycles. The van der Waals surface area contributed by atoms with Gasteiger partial charge in [0.15, 0.2) is 0 Å². The Morgan fingerprint density at radius 3 is 1.45 bits per heavy atom. The van der Waals surface area contributed by atoms with Crippen LogP contribution in [-0.4, -0.2) is 16.2 Å². The predicted molar refractivity (Wildman–Crippen MR) is 322 cm³/mol. The van der Waals surface area contributed by atoms with E-state index in [0.717, 1.165) is 34.0 Å². The second-order valence-electron chi connectivity index (χ2n) is 25.9. The van der Waals surface area contributed by atoms with E-state index in [-0.39, 0.29) is 21.7 Å². The zero-order valence-corrected chi connectivity index (χ0v) is 47.8. The topological polar surface area (TPSA) is 33.5 Å². The Hall–Kier alpha value is -7.37. The van der Waals surface area contributed by atoms with Crippen LogP contribution in [0, 0.1) is 0 Å². The van der Waals surface area contributed by atoms with Gasteiger partial charge in [-0.15, -0.1) is 0 Å². The summed E-state index contributed by atoms with van der Waals surface area (Å²) in [6.07, 6.45) is 1.97. The first-order valence-corrected chi connectivity index (χ1v) is 27.3. The summed E-state index contributed by atoms with van der Waals surface area (Å²) in [5, 5.41) is 2.41. The number of ether oxygens (including phenoxy) is 1. The molecule has 0 N–H and O–H groups in total. The van der Waals surface area contributed by atoms with E-state index in [1.807, 2.05) is 6.20 Å². The van der Waals surface area contributed by atoms with Crippen LogP contribution in [0.1, 0.15) is 143 Å². The second kappa shape index (κ2) is 19.0. The number of fused-ring (bicyclic) bond motifs is 3. The van der Waals surface area contributed by atoms with Crippen molar-refractivity contribution in [2.45, 2.75) is 136 Å². The normalized spacial score (nSPS) is 14.1. The number of para-hydroxylation sites is 1. The highest BCUT2D eigenvalue weighted by molar-refractivity contribution is 6.11. The summed E-state index contributed by atoms with van der Waals surface area (Å²) in [6.45, 7) is 35.6. The molecular weight excluding hydrogens is 925 g/mol. The third-order valence-electron chi connectivity index (χ3n) is 16.3. The first kappa shape index (κ1) is 52.1. The molecule has 0 fully saturated rings. The fraction of sp³-hybridized carbons (Fsp3) is 0.310. The number of nitrogens with zero attached hydrogens (tertiary/aromatic N) is 4. The first-order chi connectivity index (χ1) is 35.8. The summed E-state index contributed by atoms with van der Waals surface area (Å²) in [7, 11) is 0. The van der Waals surface area contributed by atoms with E-state index in [2.05, 4.69) is 300 Å². The molecule has 0 atom stereocenters. The third kappa shape index (κ3) is 9.52. The molecule has 10 rings (SSSR count). The molecule has 0 saturated heterocycles. The molecule has 9 aromatic rings. The van der Waals surface area contributed by atoms with Gasteiger partial charge in [0.2, 0.25) is 0 Å². The lowest BCUT2D eigenvalue weighted by Gasteiger charge is -2.38. The molecule has 388 valence electrons. The van der Waals surface area contributed by atoms with E-state index >= 15 is 0 Å². The highest BCUT2D eigenvalue weighted by Gasteiger charge is 2.46. The summed E-state index contributed by atoms with van der Waals surface area (Å²) in [4.78, 5) is 10.3. The summed E-state index contributed by atoms with van der Waals surface area (Å²) < 4.78 is 9.77. The van der Waals surface area contributed by atoms with Crippen LogP contribution in [0.4, 0.5) is 11.4 Å². The number of aromatic nitrogens is 2. The Labute approximate surface area is 453 Å². The molecule has 0 amide bonds. The summed E-state index contributed by atoms with van der Waals surface area (Å²) in [6, 6.07) is 66.8. The smallest absolute Gasteiger partial charge is 0.137 e. The van der Waals surface area contributed by atoms with Crippen molar-refractivity contribution in [1.29, 1.82) is 0 Å². The minimum absolute atomic E-state index is 0.0300. The molecule has 1 aliphatic rings. The molecule has 5 heteroatoms. The van der Waals surface area contributed by atoms with E-state index in [1.54, 1.807) is 0 Å². The fourth-order valence-corrected chi connectivity index (χ4v) is 11.6. The molecule has 5 nitrogen and oxygen atoms in total. The van der Waals surface area contributed by atoms with Crippen molar-refractivity contribution in [3.8, 4) is 17.3 Å². The third-order valence-corrected chi connectivity index (χ3v) is 16.3. The molecule has 2 aromatic heterocycles. The van der Waals surface area contributed by atoms with Crippen LogP contribution >= 0.6 is 0 Å². The second-order valence-corrected chi connectivity index (χ2v) is 25.9. The number of hydrogen-bond acceptors (Lipinski definition) is 4. The van der Waals surface area contributed by atoms with Crippen LogP contribution in [0.5, 0.6) is 11.5 Å². The maximum atomic E-state index is 7.42. The number of hydrogen-bond donors (Lipinski definition) is 0. The van der Waals surface area contributed by atoms with Gasteiger partial charge in [0.1, 0.15) is 17.3 Å². The lowest BCUT2D eigenvalue weighted by Crippen LogP contribution is -2.35. The average Bonchev–Trinajstić information content (AvgIpc) is 4.11. The Morgan fingerprint density at radius 1 is 0.382 bits per heavy atom. The fourth-order valence-electron chi connectivity index (χ4n) is 11.6. The molecule has 0 unspecified atom stereocenters. The van der Waals surface area contributed by atoms with Gasteiger partial charge < -0.3 is 14.5 Å². The quantitative estimate of drug-likeness (QED) is 0.129. The monoisotopic (exact) mass is 1000 g/mol. The SMILES string of the molecule is CC(C)(C)c1cccc(N2CN(c3cc(Oc4cc(C(C)(C)C)c5c6ccccc6n(-c6cc(C(C)(C)c7ccccc7)ccn6)c5c4)cc(C(C)(C)C)c3)C(C(C)(C)c3ccccc3)=C2C(C)(C)c2ccccc2)c1. The van der Waals surface area contributed by atoms with Crippen LogP contribution in [0.25, 0.3) is 27.6 Å². The van der Waals surface area contributed by atoms with E-state index in [4.69, 9.17) is 9.72 Å². The van der Waals surface area contributed by atoms with Gasteiger partial charge in [-0.1, -0.05) is 225 Å². The summed E-state index contributed by atoms with van der Waals surface area (Å²) >= 11 is 0. The highest BCUT2D eigenvalue weighted by Crippen LogP contribution is 2.52. The predicted octanol–water partition coefficient (Wildman–Crippen LogP) is 18.6. The van der Waals surface area contributed by atoms with Gasteiger partial charge in [-0.25, -0.2) is 4.98 Å². The number of pyridine rings is 1. The lowest BCUT2D eigenvalue weighted by atomic mass is 9.73. The van der Waals surface area contributed by atoms with Crippen LogP contribution < -0.4 is 14.5 Å². The first-order valence-electron chi connectivity index (χ1n) is 27.3. The molecule has 0 saturated carbocycles. The van der Waals surface area contributed by atoms with Gasteiger partial charge in [-0.05, 0) is 104 Å². The zero-order chi connectivity index (χ0) is 54.2. The van der Waals surface area contributed by atoms with E-state index in [0.29, 0.717) is 6.67 Å². The van der Waals surface area contributed by atoms with E-state index < -0.39 is 10.8 Å². The van der Waals surface area contributed by atoms with E-state index in [1.165, 1.54) is 66.8 Å². The Kier molecular flexibility index (Phi) is 13.0. The molecule has 0 radical (unpaired) electrons. The zero-order valence-electron chi connectivity index (χ0n) is 47.8. The number of anilines is 2. The van der Waals surface area contributed by atoms with Gasteiger partial charge in [0, 0.05) is 56.7 Å².